The van der Waals surface area contributed by atoms with Crippen LogP contribution >= 0.6 is 23.1 Å². The van der Waals surface area contributed by atoms with Crippen LogP contribution in [0.4, 0.5) is 5.69 Å². The highest BCUT2D eigenvalue weighted by Gasteiger charge is 2.36. The van der Waals surface area contributed by atoms with E-state index in [9.17, 15) is 9.59 Å². The van der Waals surface area contributed by atoms with Crippen molar-refractivity contribution in [3.05, 3.63) is 74.0 Å². The molecule has 0 fully saturated rings. The number of thiophene rings is 1. The molecule has 0 aliphatic carbocycles. The second-order valence-electron chi connectivity index (χ2n) is 6.65. The van der Waals surface area contributed by atoms with Gasteiger partial charge in [-0.3, -0.25) is 14.3 Å². The van der Waals surface area contributed by atoms with E-state index in [2.05, 4.69) is 4.99 Å². The zero-order valence-electron chi connectivity index (χ0n) is 16.5. The number of anilines is 1. The summed E-state index contributed by atoms with van der Waals surface area (Å²) in [4.78, 5) is 33.6. The molecule has 1 amide bonds. The van der Waals surface area contributed by atoms with Crippen LogP contribution in [0.25, 0.3) is 11.8 Å². The third-order valence-electron chi connectivity index (χ3n) is 4.93. The maximum Gasteiger partial charge on any atom is 0.296 e. The van der Waals surface area contributed by atoms with Crippen LogP contribution in [0.1, 0.15) is 16.1 Å². The standard InChI is InChI=1S/C21H20N4O2S2/c1-13-10-11-29-17(13)12-16-19(26)24(21(22-16)28-4)18-14(2)23(3)25(20(18)27)15-8-6-5-7-9-15/h5-12H,1-4H3/b16-12+. The molecule has 0 saturated heterocycles. The summed E-state index contributed by atoms with van der Waals surface area (Å²) in [6, 6.07) is 11.4. The zero-order valence-corrected chi connectivity index (χ0v) is 18.2. The zero-order chi connectivity index (χ0) is 20.7. The van der Waals surface area contributed by atoms with Gasteiger partial charge in [0.05, 0.1) is 11.4 Å². The van der Waals surface area contributed by atoms with Gasteiger partial charge in [-0.1, -0.05) is 30.0 Å². The molecule has 4 rings (SSSR count). The number of benzene rings is 1. The van der Waals surface area contributed by atoms with Gasteiger partial charge in [-0.25, -0.2) is 14.6 Å². The minimum atomic E-state index is -0.284. The van der Waals surface area contributed by atoms with Crippen LogP contribution in [-0.2, 0) is 11.8 Å². The van der Waals surface area contributed by atoms with Crippen LogP contribution < -0.4 is 10.5 Å². The van der Waals surface area contributed by atoms with E-state index in [0.29, 0.717) is 22.2 Å². The number of carbonyl (C=O) groups excluding carboxylic acids is 1. The topological polar surface area (TPSA) is 59.6 Å². The monoisotopic (exact) mass is 424 g/mol. The van der Waals surface area contributed by atoms with Crippen LogP contribution in [0.2, 0.25) is 0 Å². The Morgan fingerprint density at radius 2 is 1.83 bits per heavy atom. The average molecular weight is 425 g/mol. The van der Waals surface area contributed by atoms with Crippen molar-refractivity contribution in [1.82, 2.24) is 9.36 Å². The highest BCUT2D eigenvalue weighted by molar-refractivity contribution is 8.13. The molecule has 6 nitrogen and oxygen atoms in total. The molecule has 0 N–H and O–H groups in total. The number of aromatic nitrogens is 2. The number of rotatable bonds is 3. The van der Waals surface area contributed by atoms with Gasteiger partial charge >= 0.3 is 0 Å². The van der Waals surface area contributed by atoms with Crippen molar-refractivity contribution < 1.29 is 4.79 Å². The van der Waals surface area contributed by atoms with Crippen LogP contribution in [0.15, 0.2) is 57.3 Å². The molecule has 29 heavy (non-hydrogen) atoms. The Balaban J connectivity index is 1.85. The summed E-state index contributed by atoms with van der Waals surface area (Å²) in [7, 11) is 1.81. The Morgan fingerprint density at radius 3 is 2.45 bits per heavy atom. The first kappa shape index (κ1) is 19.5. The number of carbonyl (C=O) groups is 1. The largest absolute Gasteiger partial charge is 0.296 e. The number of hydrogen-bond acceptors (Lipinski definition) is 5. The Labute approximate surface area is 176 Å². The Hall–Kier alpha value is -2.84. The number of hydrogen-bond donors (Lipinski definition) is 0. The molecule has 148 valence electrons. The van der Waals surface area contributed by atoms with E-state index < -0.39 is 0 Å². The average Bonchev–Trinajstić information content (AvgIpc) is 3.33. The molecule has 1 aliphatic rings. The molecule has 2 aromatic heterocycles. The summed E-state index contributed by atoms with van der Waals surface area (Å²) < 4.78 is 3.34. The summed E-state index contributed by atoms with van der Waals surface area (Å²) in [6.45, 7) is 3.84. The maximum atomic E-state index is 13.3. The second kappa shape index (κ2) is 7.53. The lowest BCUT2D eigenvalue weighted by atomic mass is 10.2. The summed E-state index contributed by atoms with van der Waals surface area (Å²) in [5.74, 6) is -0.284. The van der Waals surface area contributed by atoms with Gasteiger partial charge in [0.2, 0.25) is 0 Å². The minimum Gasteiger partial charge on any atom is -0.283 e. The molecule has 8 heteroatoms. The Morgan fingerprint density at radius 1 is 1.10 bits per heavy atom. The Bertz CT molecular complexity index is 1220. The number of nitrogens with zero attached hydrogens (tertiary/aromatic N) is 4. The normalized spacial score (nSPS) is 15.4. The number of amides is 1. The quantitative estimate of drug-likeness (QED) is 0.598. The molecular weight excluding hydrogens is 404 g/mol. The highest BCUT2D eigenvalue weighted by atomic mass is 32.2. The lowest BCUT2D eigenvalue weighted by molar-refractivity contribution is -0.113. The predicted molar refractivity (Wildman–Crippen MR) is 121 cm³/mol. The van der Waals surface area contributed by atoms with Crippen molar-refractivity contribution >= 4 is 45.9 Å². The SMILES string of the molecule is CSC1=N/C(=C/c2sccc2C)C(=O)N1c1c(C)n(C)n(-c2ccccc2)c1=O. The van der Waals surface area contributed by atoms with Crippen LogP contribution in [0, 0.1) is 13.8 Å². The molecule has 3 aromatic rings. The predicted octanol–water partition coefficient (Wildman–Crippen LogP) is 3.96. The van der Waals surface area contributed by atoms with Gasteiger partial charge < -0.3 is 0 Å². The first-order chi connectivity index (χ1) is 13.9. The van der Waals surface area contributed by atoms with Gasteiger partial charge in [-0.15, -0.1) is 11.3 Å². The molecular formula is C21H20N4O2S2. The molecule has 0 spiro atoms. The van der Waals surface area contributed by atoms with E-state index in [1.165, 1.54) is 16.7 Å². The summed E-state index contributed by atoms with van der Waals surface area (Å²) in [5, 5.41) is 2.49. The van der Waals surface area contributed by atoms with Crippen LogP contribution in [0.5, 0.6) is 0 Å². The van der Waals surface area contributed by atoms with Crippen LogP contribution in [0.3, 0.4) is 0 Å². The van der Waals surface area contributed by atoms with Gasteiger partial charge in [0.1, 0.15) is 11.4 Å². The molecule has 0 bridgehead atoms. The molecule has 0 unspecified atom stereocenters. The van der Waals surface area contributed by atoms with E-state index >= 15 is 0 Å². The first-order valence-corrected chi connectivity index (χ1v) is 11.1. The first-order valence-electron chi connectivity index (χ1n) is 9.01. The van der Waals surface area contributed by atoms with E-state index in [1.54, 1.807) is 26.8 Å². The summed E-state index contributed by atoms with van der Waals surface area (Å²) in [5.41, 5.74) is 2.96. The summed E-state index contributed by atoms with van der Waals surface area (Å²) in [6.07, 6.45) is 3.65. The lowest BCUT2D eigenvalue weighted by Gasteiger charge is -2.14. The van der Waals surface area contributed by atoms with Crippen molar-refractivity contribution in [2.75, 3.05) is 11.2 Å². The van der Waals surface area contributed by atoms with Gasteiger partial charge in [0, 0.05) is 11.9 Å². The van der Waals surface area contributed by atoms with E-state index in [-0.39, 0.29) is 11.5 Å². The number of amidine groups is 1. The fourth-order valence-electron chi connectivity index (χ4n) is 3.30. The van der Waals surface area contributed by atoms with Crippen molar-refractivity contribution in [2.24, 2.45) is 12.0 Å². The van der Waals surface area contributed by atoms with Gasteiger partial charge in [0.15, 0.2) is 5.17 Å². The van der Waals surface area contributed by atoms with E-state index in [4.69, 9.17) is 0 Å². The molecule has 0 saturated carbocycles. The number of thioether (sulfide) groups is 1. The van der Waals surface area contributed by atoms with Crippen molar-refractivity contribution in [1.29, 1.82) is 0 Å². The smallest absolute Gasteiger partial charge is 0.283 e. The molecule has 3 heterocycles. The molecule has 1 aromatic carbocycles. The van der Waals surface area contributed by atoms with Crippen molar-refractivity contribution in [2.45, 2.75) is 13.8 Å². The Kier molecular flexibility index (Phi) is 5.06. The molecule has 0 atom stereocenters. The molecule has 0 radical (unpaired) electrons. The fraction of sp³-hybridized carbons (Fsp3) is 0.190. The highest BCUT2D eigenvalue weighted by Crippen LogP contribution is 2.30. The second-order valence-corrected chi connectivity index (χ2v) is 8.37. The van der Waals surface area contributed by atoms with E-state index in [0.717, 1.165) is 16.1 Å². The van der Waals surface area contributed by atoms with Crippen molar-refractivity contribution in [3.8, 4) is 5.69 Å². The number of para-hydroxylation sites is 1. The lowest BCUT2D eigenvalue weighted by Crippen LogP contribution is -2.34. The van der Waals surface area contributed by atoms with Crippen molar-refractivity contribution in [3.63, 3.8) is 0 Å². The number of aliphatic imine (C=N–C) groups is 1. The third kappa shape index (κ3) is 3.18. The number of aryl methyl sites for hydroxylation is 1. The fourth-order valence-corrected chi connectivity index (χ4v) is 4.70. The van der Waals surface area contributed by atoms with E-state index in [1.807, 2.05) is 68.9 Å². The van der Waals surface area contributed by atoms with Gasteiger partial charge in [0.25, 0.3) is 11.5 Å². The maximum absolute atomic E-state index is 13.3. The molecule has 1 aliphatic heterocycles. The van der Waals surface area contributed by atoms with Gasteiger partial charge in [-0.05, 0) is 55.3 Å². The van der Waals surface area contributed by atoms with Gasteiger partial charge in [-0.2, -0.15) is 0 Å². The van der Waals surface area contributed by atoms with Crippen LogP contribution in [-0.4, -0.2) is 26.7 Å². The third-order valence-corrected chi connectivity index (χ3v) is 6.53. The minimum absolute atomic E-state index is 0.250. The summed E-state index contributed by atoms with van der Waals surface area (Å²) >= 11 is 2.91.